The zero-order valence-corrected chi connectivity index (χ0v) is 21.0. The van der Waals surface area contributed by atoms with Gasteiger partial charge < -0.3 is 9.84 Å². The maximum Gasteiger partial charge on any atom is 0.219 e. The van der Waals surface area contributed by atoms with Crippen molar-refractivity contribution in [3.05, 3.63) is 94.5 Å². The Kier molecular flexibility index (Phi) is 6.35. The Hall–Kier alpha value is -3.40. The van der Waals surface area contributed by atoms with Crippen molar-refractivity contribution in [1.82, 2.24) is 0 Å². The quantitative estimate of drug-likeness (QED) is 0.422. The van der Waals surface area contributed by atoms with Gasteiger partial charge in [-0.15, -0.1) is 0 Å². The third-order valence-electron chi connectivity index (χ3n) is 6.13. The molecule has 0 fully saturated rings. The van der Waals surface area contributed by atoms with E-state index in [9.17, 15) is 5.11 Å². The van der Waals surface area contributed by atoms with Crippen LogP contribution < -0.4 is 0 Å². The number of hydrogen-bond donors (Lipinski definition) is 1. The highest BCUT2D eigenvalue weighted by Crippen LogP contribution is 2.37. The highest BCUT2D eigenvalue weighted by atomic mass is 16.5. The van der Waals surface area contributed by atoms with Crippen molar-refractivity contribution in [2.24, 2.45) is 9.98 Å². The second kappa shape index (κ2) is 9.09. The van der Waals surface area contributed by atoms with E-state index in [1.54, 1.807) is 6.21 Å². The smallest absolute Gasteiger partial charge is 0.219 e. The fourth-order valence-corrected chi connectivity index (χ4v) is 4.03. The molecule has 0 aromatic heterocycles. The molecule has 1 N–H and O–H groups in total. The number of ether oxygens (including phenoxy) is 1. The van der Waals surface area contributed by atoms with Gasteiger partial charge in [0.05, 0.1) is 11.3 Å². The predicted molar refractivity (Wildman–Crippen MR) is 141 cm³/mol. The summed E-state index contributed by atoms with van der Waals surface area (Å²) in [6.45, 7) is 13.4. The topological polar surface area (TPSA) is 54.2 Å². The van der Waals surface area contributed by atoms with E-state index in [4.69, 9.17) is 14.7 Å². The molecule has 1 atom stereocenters. The van der Waals surface area contributed by atoms with Crippen LogP contribution in [0.25, 0.3) is 0 Å². The molecule has 4 nitrogen and oxygen atoms in total. The fourth-order valence-electron chi connectivity index (χ4n) is 4.03. The summed E-state index contributed by atoms with van der Waals surface area (Å²) in [5, 5.41) is 11.1. The van der Waals surface area contributed by atoms with E-state index in [-0.39, 0.29) is 22.6 Å². The van der Waals surface area contributed by atoms with E-state index in [2.05, 4.69) is 59.7 Å². The lowest BCUT2D eigenvalue weighted by molar-refractivity contribution is 0.320. The first kappa shape index (κ1) is 23.7. The molecule has 176 valence electrons. The molecule has 0 saturated carbocycles. The number of aliphatic imine (C=N–C) groups is 2. The Morgan fingerprint density at radius 2 is 1.59 bits per heavy atom. The van der Waals surface area contributed by atoms with Gasteiger partial charge in [-0.3, -0.25) is 4.99 Å². The minimum absolute atomic E-state index is 0.0184. The van der Waals surface area contributed by atoms with Gasteiger partial charge in [0.1, 0.15) is 18.4 Å². The summed E-state index contributed by atoms with van der Waals surface area (Å²) in [6, 6.07) is 22.2. The van der Waals surface area contributed by atoms with Gasteiger partial charge in [0.25, 0.3) is 0 Å². The van der Waals surface area contributed by atoms with Crippen molar-refractivity contribution in [3.63, 3.8) is 0 Å². The summed E-state index contributed by atoms with van der Waals surface area (Å²) in [4.78, 5) is 9.61. The normalized spacial score (nSPS) is 16.5. The van der Waals surface area contributed by atoms with Crippen LogP contribution >= 0.6 is 0 Å². The lowest BCUT2D eigenvalue weighted by Crippen LogP contribution is -2.17. The average Bonchev–Trinajstić information content (AvgIpc) is 3.28. The standard InChI is InChI=1S/C30H34N2O2/c1-29(2,3)22-16-21(27(33)24(17-22)30(4,5)6)18-31-25-15-11-10-14-23(25)28-32-26(19-34-28)20-12-8-7-9-13-20/h7-18,26,33H,19H2,1-6H3/t26-/m1/s1. The van der Waals surface area contributed by atoms with Gasteiger partial charge in [0, 0.05) is 17.3 Å². The Morgan fingerprint density at radius 3 is 2.26 bits per heavy atom. The average molecular weight is 455 g/mol. The molecule has 0 saturated heterocycles. The van der Waals surface area contributed by atoms with Crippen molar-refractivity contribution >= 4 is 17.8 Å². The van der Waals surface area contributed by atoms with Gasteiger partial charge in [0.2, 0.25) is 5.90 Å². The van der Waals surface area contributed by atoms with Crippen LogP contribution in [0.2, 0.25) is 0 Å². The predicted octanol–water partition coefficient (Wildman–Crippen LogP) is 7.26. The van der Waals surface area contributed by atoms with E-state index >= 15 is 0 Å². The molecule has 1 heterocycles. The molecular weight excluding hydrogens is 420 g/mol. The van der Waals surface area contributed by atoms with Gasteiger partial charge >= 0.3 is 0 Å². The molecule has 4 rings (SSSR count). The highest BCUT2D eigenvalue weighted by Gasteiger charge is 2.25. The monoisotopic (exact) mass is 454 g/mol. The van der Waals surface area contributed by atoms with Crippen LogP contribution in [0.1, 0.15) is 75.4 Å². The summed E-state index contributed by atoms with van der Waals surface area (Å²) < 4.78 is 5.98. The van der Waals surface area contributed by atoms with Gasteiger partial charge in [-0.1, -0.05) is 90.1 Å². The van der Waals surface area contributed by atoms with Crippen LogP contribution in [0.3, 0.4) is 0 Å². The second-order valence-corrected chi connectivity index (χ2v) is 10.9. The van der Waals surface area contributed by atoms with Gasteiger partial charge in [0.15, 0.2) is 0 Å². The molecule has 1 aliphatic rings. The molecule has 0 amide bonds. The molecule has 0 spiro atoms. The van der Waals surface area contributed by atoms with Crippen molar-refractivity contribution < 1.29 is 9.84 Å². The molecule has 0 unspecified atom stereocenters. The molecular formula is C30H34N2O2. The van der Waals surface area contributed by atoms with Gasteiger partial charge in [-0.2, -0.15) is 0 Å². The number of phenolic OH excluding ortho intramolecular Hbond substituents is 1. The maximum atomic E-state index is 11.1. The van der Waals surface area contributed by atoms with E-state index in [0.717, 1.165) is 22.4 Å². The SMILES string of the molecule is CC(C)(C)c1cc(C=Nc2ccccc2C2=N[C@@H](c3ccccc3)CO2)c(O)c(C(C)(C)C)c1. The molecule has 0 radical (unpaired) electrons. The number of benzene rings is 3. The van der Waals surface area contributed by atoms with Crippen LogP contribution in [0.15, 0.2) is 76.7 Å². The summed E-state index contributed by atoms with van der Waals surface area (Å²) in [5.74, 6) is 0.880. The minimum Gasteiger partial charge on any atom is -0.507 e. The van der Waals surface area contributed by atoms with Crippen molar-refractivity contribution in [2.45, 2.75) is 58.4 Å². The third-order valence-corrected chi connectivity index (χ3v) is 6.13. The number of para-hydroxylation sites is 1. The summed E-state index contributed by atoms with van der Waals surface area (Å²) in [6.07, 6.45) is 1.75. The summed E-state index contributed by atoms with van der Waals surface area (Å²) in [7, 11) is 0. The first-order valence-corrected chi connectivity index (χ1v) is 11.8. The van der Waals surface area contributed by atoms with Gasteiger partial charge in [-0.25, -0.2) is 4.99 Å². The number of aromatic hydroxyl groups is 1. The first-order chi connectivity index (χ1) is 16.0. The molecule has 3 aromatic rings. The number of nitrogens with zero attached hydrogens (tertiary/aromatic N) is 2. The fraction of sp³-hybridized carbons (Fsp3) is 0.333. The molecule has 3 aromatic carbocycles. The summed E-state index contributed by atoms with van der Waals surface area (Å²) >= 11 is 0. The molecule has 0 aliphatic carbocycles. The molecule has 0 bridgehead atoms. The summed E-state index contributed by atoms with van der Waals surface area (Å²) in [5.41, 5.74) is 5.30. The Labute approximate surface area is 203 Å². The molecule has 34 heavy (non-hydrogen) atoms. The van der Waals surface area contributed by atoms with Crippen LogP contribution in [-0.4, -0.2) is 23.8 Å². The zero-order valence-electron chi connectivity index (χ0n) is 21.0. The largest absolute Gasteiger partial charge is 0.507 e. The molecule has 1 aliphatic heterocycles. The first-order valence-electron chi connectivity index (χ1n) is 11.8. The lowest BCUT2D eigenvalue weighted by Gasteiger charge is -2.27. The highest BCUT2D eigenvalue weighted by molar-refractivity contribution is 6.01. The number of rotatable bonds is 4. The van der Waals surface area contributed by atoms with Gasteiger partial charge in [-0.05, 0) is 40.2 Å². The Morgan fingerprint density at radius 1 is 0.912 bits per heavy atom. The van der Waals surface area contributed by atoms with Crippen LogP contribution in [0.4, 0.5) is 5.69 Å². The van der Waals surface area contributed by atoms with E-state index in [0.29, 0.717) is 18.1 Å². The zero-order chi connectivity index (χ0) is 24.5. The Balaban J connectivity index is 1.71. The maximum absolute atomic E-state index is 11.1. The minimum atomic E-state index is -0.190. The van der Waals surface area contributed by atoms with Crippen molar-refractivity contribution in [1.29, 1.82) is 0 Å². The van der Waals surface area contributed by atoms with Crippen molar-refractivity contribution in [3.8, 4) is 5.75 Å². The molecule has 4 heteroatoms. The van der Waals surface area contributed by atoms with Crippen LogP contribution in [0, 0.1) is 0 Å². The number of phenols is 1. The number of hydrogen-bond acceptors (Lipinski definition) is 4. The lowest BCUT2D eigenvalue weighted by atomic mass is 9.79. The third kappa shape index (κ3) is 5.06. The van der Waals surface area contributed by atoms with E-state index in [1.165, 1.54) is 5.56 Å². The van der Waals surface area contributed by atoms with Crippen LogP contribution in [-0.2, 0) is 15.6 Å². The van der Waals surface area contributed by atoms with E-state index < -0.39 is 0 Å². The van der Waals surface area contributed by atoms with Crippen molar-refractivity contribution in [2.75, 3.05) is 6.61 Å². The van der Waals surface area contributed by atoms with E-state index in [1.807, 2.05) is 48.5 Å². The van der Waals surface area contributed by atoms with Crippen LogP contribution in [0.5, 0.6) is 5.75 Å². The Bertz CT molecular complexity index is 1230. The second-order valence-electron chi connectivity index (χ2n) is 10.9.